The third-order valence-corrected chi connectivity index (χ3v) is 4.75. The fourth-order valence-corrected chi connectivity index (χ4v) is 3.27. The van der Waals surface area contributed by atoms with Crippen LogP contribution in [0.3, 0.4) is 0 Å². The molecule has 156 valence electrons. The SMILES string of the molecule is Cc1cn(-c2ncc(C(=O)N3CC[C@H](Oc4ccccc4C(F)(F)F)C3)cn2)cn1. The highest BCUT2D eigenvalue weighted by molar-refractivity contribution is 5.93. The zero-order valence-corrected chi connectivity index (χ0v) is 16.0. The molecule has 0 spiro atoms. The van der Waals surface area contributed by atoms with E-state index in [1.807, 2.05) is 6.92 Å². The van der Waals surface area contributed by atoms with E-state index < -0.39 is 17.8 Å². The maximum absolute atomic E-state index is 13.1. The Bertz CT molecular complexity index is 1050. The number of nitrogens with zero attached hydrogens (tertiary/aromatic N) is 5. The molecule has 0 saturated carbocycles. The normalized spacial score (nSPS) is 16.7. The molecule has 2 aromatic heterocycles. The molecule has 4 rings (SSSR count). The lowest BCUT2D eigenvalue weighted by atomic mass is 10.2. The fourth-order valence-electron chi connectivity index (χ4n) is 3.27. The largest absolute Gasteiger partial charge is 0.488 e. The highest BCUT2D eigenvalue weighted by Crippen LogP contribution is 2.36. The summed E-state index contributed by atoms with van der Waals surface area (Å²) in [4.78, 5) is 26.7. The van der Waals surface area contributed by atoms with E-state index in [1.54, 1.807) is 17.1 Å². The first kappa shape index (κ1) is 19.9. The summed E-state index contributed by atoms with van der Waals surface area (Å²) in [6, 6.07) is 5.07. The van der Waals surface area contributed by atoms with Crippen LogP contribution in [0.5, 0.6) is 5.75 Å². The smallest absolute Gasteiger partial charge is 0.419 e. The van der Waals surface area contributed by atoms with Gasteiger partial charge in [-0.15, -0.1) is 0 Å². The molecule has 1 saturated heterocycles. The maximum Gasteiger partial charge on any atom is 0.419 e. The van der Waals surface area contributed by atoms with Gasteiger partial charge in [-0.2, -0.15) is 13.2 Å². The number of carbonyl (C=O) groups is 1. The van der Waals surface area contributed by atoms with E-state index in [0.717, 1.165) is 11.8 Å². The van der Waals surface area contributed by atoms with Crippen LogP contribution in [0.25, 0.3) is 5.95 Å². The monoisotopic (exact) mass is 417 g/mol. The average Bonchev–Trinajstić information content (AvgIpc) is 3.36. The number of para-hydroxylation sites is 1. The number of imidazole rings is 1. The summed E-state index contributed by atoms with van der Waals surface area (Å²) in [5.41, 5.74) is 0.286. The van der Waals surface area contributed by atoms with Crippen molar-refractivity contribution in [1.82, 2.24) is 24.4 Å². The van der Waals surface area contributed by atoms with Crippen molar-refractivity contribution in [3.05, 3.63) is 66.0 Å². The van der Waals surface area contributed by atoms with Gasteiger partial charge in [0.15, 0.2) is 0 Å². The molecule has 1 atom stereocenters. The van der Waals surface area contributed by atoms with Gasteiger partial charge in [-0.05, 0) is 19.1 Å². The topological polar surface area (TPSA) is 73.1 Å². The lowest BCUT2D eigenvalue weighted by Gasteiger charge is -2.19. The molecule has 0 radical (unpaired) electrons. The Labute approximate surface area is 170 Å². The number of ether oxygens (including phenoxy) is 1. The predicted octanol–water partition coefficient (Wildman–Crippen LogP) is 3.28. The summed E-state index contributed by atoms with van der Waals surface area (Å²) in [5.74, 6) is -0.135. The molecule has 1 aromatic carbocycles. The summed E-state index contributed by atoms with van der Waals surface area (Å²) in [5, 5.41) is 0. The van der Waals surface area contributed by atoms with Crippen molar-refractivity contribution in [3.63, 3.8) is 0 Å². The molecular weight excluding hydrogens is 399 g/mol. The number of hydrogen-bond donors (Lipinski definition) is 0. The van der Waals surface area contributed by atoms with E-state index in [0.29, 0.717) is 24.5 Å². The molecule has 7 nitrogen and oxygen atoms in total. The third kappa shape index (κ3) is 4.12. The van der Waals surface area contributed by atoms with E-state index in [9.17, 15) is 18.0 Å². The molecule has 0 bridgehead atoms. The minimum atomic E-state index is -4.50. The Morgan fingerprint density at radius 3 is 2.57 bits per heavy atom. The third-order valence-electron chi connectivity index (χ3n) is 4.75. The number of amides is 1. The van der Waals surface area contributed by atoms with E-state index >= 15 is 0 Å². The van der Waals surface area contributed by atoms with Crippen molar-refractivity contribution >= 4 is 5.91 Å². The summed E-state index contributed by atoms with van der Waals surface area (Å²) < 4.78 is 46.6. The van der Waals surface area contributed by atoms with Gasteiger partial charge in [-0.1, -0.05) is 12.1 Å². The van der Waals surface area contributed by atoms with Crippen LogP contribution in [0.1, 0.15) is 28.0 Å². The first-order valence-electron chi connectivity index (χ1n) is 9.26. The van der Waals surface area contributed by atoms with Crippen LogP contribution in [0, 0.1) is 6.92 Å². The molecule has 0 N–H and O–H groups in total. The number of rotatable bonds is 4. The second-order valence-electron chi connectivity index (χ2n) is 6.97. The minimum Gasteiger partial charge on any atom is -0.488 e. The van der Waals surface area contributed by atoms with Gasteiger partial charge in [0.2, 0.25) is 5.95 Å². The van der Waals surface area contributed by atoms with Gasteiger partial charge in [0.25, 0.3) is 5.91 Å². The molecule has 0 aliphatic carbocycles. The zero-order chi connectivity index (χ0) is 21.3. The minimum absolute atomic E-state index is 0.188. The standard InChI is InChI=1S/C20H18F3N5O2/c1-13-10-28(12-26-13)19-24-8-14(9-25-19)18(29)27-7-6-15(11-27)30-17-5-3-2-4-16(17)20(21,22)23/h2-5,8-10,12,15H,6-7,11H2,1H3/t15-/m0/s1. The van der Waals surface area contributed by atoms with E-state index in [-0.39, 0.29) is 18.2 Å². The number of halogens is 3. The molecule has 0 unspecified atom stereocenters. The lowest BCUT2D eigenvalue weighted by molar-refractivity contribution is -0.139. The zero-order valence-electron chi connectivity index (χ0n) is 16.0. The van der Waals surface area contributed by atoms with Crippen molar-refractivity contribution < 1.29 is 22.7 Å². The second kappa shape index (κ2) is 7.77. The fraction of sp³-hybridized carbons (Fsp3) is 0.300. The number of aromatic nitrogens is 4. The second-order valence-corrected chi connectivity index (χ2v) is 6.97. The van der Waals surface area contributed by atoms with Gasteiger partial charge >= 0.3 is 6.18 Å². The van der Waals surface area contributed by atoms with E-state index in [4.69, 9.17) is 4.74 Å². The summed E-state index contributed by atoms with van der Waals surface area (Å²) in [7, 11) is 0. The Morgan fingerprint density at radius 2 is 1.90 bits per heavy atom. The molecule has 30 heavy (non-hydrogen) atoms. The number of aryl methyl sites for hydroxylation is 1. The molecule has 1 amide bonds. The van der Waals surface area contributed by atoms with Crippen molar-refractivity contribution in [3.8, 4) is 11.7 Å². The Hall–Kier alpha value is -3.43. The van der Waals surface area contributed by atoms with Gasteiger partial charge in [0.05, 0.1) is 23.4 Å². The average molecular weight is 417 g/mol. The van der Waals surface area contributed by atoms with Crippen LogP contribution in [0.15, 0.2) is 49.2 Å². The van der Waals surface area contributed by atoms with E-state index in [2.05, 4.69) is 15.0 Å². The predicted molar refractivity (Wildman–Crippen MR) is 100 cm³/mol. The molecule has 1 fully saturated rings. The van der Waals surface area contributed by atoms with Crippen LogP contribution in [-0.4, -0.2) is 49.5 Å². The Balaban J connectivity index is 1.42. The summed E-state index contributed by atoms with van der Waals surface area (Å²) in [6.45, 7) is 2.40. The van der Waals surface area contributed by atoms with Gasteiger partial charge in [0, 0.05) is 31.6 Å². The Kier molecular flexibility index (Phi) is 5.15. The van der Waals surface area contributed by atoms with Crippen LogP contribution in [-0.2, 0) is 6.18 Å². The van der Waals surface area contributed by atoms with Gasteiger partial charge in [-0.25, -0.2) is 15.0 Å². The molecule has 3 aromatic rings. The van der Waals surface area contributed by atoms with Gasteiger partial charge in [0.1, 0.15) is 18.2 Å². The lowest BCUT2D eigenvalue weighted by Crippen LogP contribution is -2.31. The van der Waals surface area contributed by atoms with Crippen molar-refractivity contribution in [2.45, 2.75) is 25.6 Å². The maximum atomic E-state index is 13.1. The first-order valence-corrected chi connectivity index (χ1v) is 9.26. The number of carbonyl (C=O) groups excluding carboxylic acids is 1. The Morgan fingerprint density at radius 1 is 1.17 bits per heavy atom. The van der Waals surface area contributed by atoms with Crippen LogP contribution >= 0.6 is 0 Å². The van der Waals surface area contributed by atoms with Crippen LogP contribution < -0.4 is 4.74 Å². The number of alkyl halides is 3. The van der Waals surface area contributed by atoms with Crippen LogP contribution in [0.2, 0.25) is 0 Å². The molecule has 10 heteroatoms. The van der Waals surface area contributed by atoms with Gasteiger partial charge < -0.3 is 9.64 Å². The van der Waals surface area contributed by atoms with Crippen molar-refractivity contribution in [2.75, 3.05) is 13.1 Å². The molecule has 3 heterocycles. The highest BCUT2D eigenvalue weighted by atomic mass is 19.4. The van der Waals surface area contributed by atoms with Crippen LogP contribution in [0.4, 0.5) is 13.2 Å². The number of benzene rings is 1. The van der Waals surface area contributed by atoms with E-state index in [1.165, 1.54) is 35.5 Å². The molecular formula is C20H18F3N5O2. The van der Waals surface area contributed by atoms with Crippen molar-refractivity contribution in [1.29, 1.82) is 0 Å². The quantitative estimate of drug-likeness (QED) is 0.652. The number of hydrogen-bond acceptors (Lipinski definition) is 5. The molecule has 1 aliphatic rings. The summed E-state index contributed by atoms with van der Waals surface area (Å²) in [6.07, 6.45) is 1.60. The highest BCUT2D eigenvalue weighted by Gasteiger charge is 2.36. The van der Waals surface area contributed by atoms with Crippen molar-refractivity contribution in [2.24, 2.45) is 0 Å². The first-order chi connectivity index (χ1) is 14.3. The number of likely N-dealkylation sites (tertiary alicyclic amines) is 1. The molecule has 1 aliphatic heterocycles. The van der Waals surface area contributed by atoms with Gasteiger partial charge in [-0.3, -0.25) is 9.36 Å². The summed E-state index contributed by atoms with van der Waals surface area (Å²) >= 11 is 0.